The number of hydrogen-bond donors (Lipinski definition) is 2. The number of anilines is 3. The summed E-state index contributed by atoms with van der Waals surface area (Å²) in [6.07, 6.45) is 6.08. The van der Waals surface area contributed by atoms with Gasteiger partial charge < -0.3 is 15.0 Å². The van der Waals surface area contributed by atoms with Crippen molar-refractivity contribution in [2.75, 3.05) is 56.5 Å². The maximum absolute atomic E-state index is 12.7. The van der Waals surface area contributed by atoms with Crippen LogP contribution in [-0.2, 0) is 17.7 Å². The molecular formula is C32H36N10O2. The molecule has 12 nitrogen and oxygen atoms in total. The van der Waals surface area contributed by atoms with Gasteiger partial charge in [0.15, 0.2) is 5.82 Å². The first-order chi connectivity index (χ1) is 21.6. The Labute approximate surface area is 255 Å². The Kier molecular flexibility index (Phi) is 8.95. The van der Waals surface area contributed by atoms with E-state index in [1.54, 1.807) is 10.7 Å². The summed E-state index contributed by atoms with van der Waals surface area (Å²) < 4.78 is 9.22. The Morgan fingerprint density at radius 2 is 1.89 bits per heavy atom. The van der Waals surface area contributed by atoms with Crippen LogP contribution in [-0.4, -0.2) is 86.1 Å². The zero-order valence-corrected chi connectivity index (χ0v) is 24.8. The van der Waals surface area contributed by atoms with E-state index in [9.17, 15) is 4.79 Å². The molecule has 12 heteroatoms. The number of aryl methyl sites for hydroxylation is 1. The zero-order chi connectivity index (χ0) is 30.3. The molecule has 0 radical (unpaired) electrons. The second-order valence-corrected chi connectivity index (χ2v) is 10.9. The van der Waals surface area contributed by atoms with Crippen LogP contribution in [0.25, 0.3) is 16.4 Å². The van der Waals surface area contributed by atoms with E-state index in [-0.39, 0.29) is 0 Å². The van der Waals surface area contributed by atoms with Crippen LogP contribution in [0.2, 0.25) is 0 Å². The third-order valence-corrected chi connectivity index (χ3v) is 7.96. The highest BCUT2D eigenvalue weighted by atomic mass is 16.5. The SMILES string of the molecule is CCc1c(NC(=O)OCCCN2CCN(CC#N)CC2)cn2ncnc(Nc3ccc4c(cnn4Cc4ccccc4)c3)c12. The molecule has 0 aliphatic carbocycles. The largest absolute Gasteiger partial charge is 0.449 e. The van der Waals surface area contributed by atoms with Gasteiger partial charge in [0, 0.05) is 49.4 Å². The molecule has 4 heterocycles. The molecule has 1 fully saturated rings. The van der Waals surface area contributed by atoms with Gasteiger partial charge in [-0.25, -0.2) is 14.3 Å². The van der Waals surface area contributed by atoms with E-state index < -0.39 is 6.09 Å². The van der Waals surface area contributed by atoms with E-state index in [2.05, 4.69) is 65.9 Å². The van der Waals surface area contributed by atoms with Crippen LogP contribution in [0.4, 0.5) is 22.0 Å². The van der Waals surface area contributed by atoms with Crippen molar-refractivity contribution in [3.05, 3.63) is 78.4 Å². The second-order valence-electron chi connectivity index (χ2n) is 10.9. The lowest BCUT2D eigenvalue weighted by Gasteiger charge is -2.33. The van der Waals surface area contributed by atoms with Crippen molar-refractivity contribution in [3.63, 3.8) is 0 Å². The molecule has 2 aromatic carbocycles. The summed E-state index contributed by atoms with van der Waals surface area (Å²) in [5, 5.41) is 25.2. The summed E-state index contributed by atoms with van der Waals surface area (Å²) in [4.78, 5) is 21.7. The number of hydrogen-bond acceptors (Lipinski definition) is 9. The molecule has 3 aromatic heterocycles. The van der Waals surface area contributed by atoms with Gasteiger partial charge in [0.2, 0.25) is 0 Å². The Hall–Kier alpha value is -4.99. The van der Waals surface area contributed by atoms with Crippen LogP contribution in [0.15, 0.2) is 67.3 Å². The van der Waals surface area contributed by atoms with Crippen molar-refractivity contribution in [2.45, 2.75) is 26.3 Å². The van der Waals surface area contributed by atoms with Crippen LogP contribution >= 0.6 is 0 Å². The molecule has 0 unspecified atom stereocenters. The standard InChI is InChI=1S/C32H36N10O2/c1-2-27-28(38-32(43)44-18-6-12-39-14-16-40(13-11-33)17-15-39)22-42-30(27)31(34-23-36-42)37-26-9-10-29-25(19-26)20-35-41(29)21-24-7-4-3-5-8-24/h3-5,7-10,19-20,22-23H,2,6,12-18,21H2,1H3,(H,38,43)(H,34,36,37). The molecule has 1 aliphatic rings. The molecule has 6 rings (SSSR count). The monoisotopic (exact) mass is 592 g/mol. The van der Waals surface area contributed by atoms with Crippen LogP contribution < -0.4 is 10.6 Å². The predicted octanol–water partition coefficient (Wildman–Crippen LogP) is 4.51. The van der Waals surface area contributed by atoms with Gasteiger partial charge in [-0.2, -0.15) is 15.5 Å². The number of aromatic nitrogens is 5. The van der Waals surface area contributed by atoms with E-state index in [4.69, 9.17) is 10.00 Å². The fourth-order valence-corrected chi connectivity index (χ4v) is 5.68. The number of ether oxygens (including phenoxy) is 1. The number of benzene rings is 2. The molecule has 1 amide bonds. The number of nitrogens with zero attached hydrogens (tertiary/aromatic N) is 8. The number of carbonyl (C=O) groups is 1. The van der Waals surface area contributed by atoms with Crippen molar-refractivity contribution in [1.29, 1.82) is 5.26 Å². The number of fused-ring (bicyclic) bond motifs is 2. The first-order valence-corrected chi connectivity index (χ1v) is 15.0. The van der Waals surface area contributed by atoms with Gasteiger partial charge in [0.25, 0.3) is 0 Å². The fraction of sp³-hybridized carbons (Fsp3) is 0.344. The van der Waals surface area contributed by atoms with E-state index in [1.807, 2.05) is 42.1 Å². The summed E-state index contributed by atoms with van der Waals surface area (Å²) in [6, 6.07) is 18.6. The van der Waals surface area contributed by atoms with Gasteiger partial charge in [-0.15, -0.1) is 0 Å². The van der Waals surface area contributed by atoms with Crippen molar-refractivity contribution in [2.24, 2.45) is 0 Å². The number of nitriles is 1. The summed E-state index contributed by atoms with van der Waals surface area (Å²) in [5.41, 5.74) is 5.47. The minimum absolute atomic E-state index is 0.329. The number of amides is 1. The smallest absolute Gasteiger partial charge is 0.411 e. The van der Waals surface area contributed by atoms with Gasteiger partial charge in [0.05, 0.1) is 49.4 Å². The van der Waals surface area contributed by atoms with Gasteiger partial charge >= 0.3 is 6.09 Å². The first kappa shape index (κ1) is 29.1. The van der Waals surface area contributed by atoms with Crippen molar-refractivity contribution in [3.8, 4) is 6.07 Å². The summed E-state index contributed by atoms with van der Waals surface area (Å²) >= 11 is 0. The molecule has 0 saturated carbocycles. The van der Waals surface area contributed by atoms with Gasteiger partial charge in [-0.3, -0.25) is 14.9 Å². The maximum Gasteiger partial charge on any atom is 0.411 e. The van der Waals surface area contributed by atoms with E-state index in [1.165, 1.54) is 11.9 Å². The highest BCUT2D eigenvalue weighted by molar-refractivity contribution is 5.91. The second kappa shape index (κ2) is 13.5. The van der Waals surface area contributed by atoms with Crippen LogP contribution in [0, 0.1) is 11.3 Å². The molecule has 0 spiro atoms. The van der Waals surface area contributed by atoms with E-state index in [0.717, 1.165) is 66.8 Å². The lowest BCUT2D eigenvalue weighted by atomic mass is 10.2. The molecule has 2 N–H and O–H groups in total. The molecule has 44 heavy (non-hydrogen) atoms. The summed E-state index contributed by atoms with van der Waals surface area (Å²) in [6.45, 7) is 8.04. The highest BCUT2D eigenvalue weighted by Crippen LogP contribution is 2.30. The lowest BCUT2D eigenvalue weighted by Crippen LogP contribution is -2.46. The molecular weight excluding hydrogens is 556 g/mol. The molecule has 1 saturated heterocycles. The minimum Gasteiger partial charge on any atom is -0.449 e. The topological polar surface area (TPSA) is 129 Å². The molecule has 0 bridgehead atoms. The summed E-state index contributed by atoms with van der Waals surface area (Å²) in [5.74, 6) is 0.643. The van der Waals surface area contributed by atoms with Gasteiger partial charge in [-0.1, -0.05) is 37.3 Å². The zero-order valence-electron chi connectivity index (χ0n) is 24.8. The van der Waals surface area contributed by atoms with Gasteiger partial charge in [-0.05, 0) is 36.6 Å². The lowest BCUT2D eigenvalue weighted by molar-refractivity contribution is 0.124. The average molecular weight is 593 g/mol. The molecule has 226 valence electrons. The molecule has 1 aliphatic heterocycles. The van der Waals surface area contributed by atoms with Crippen molar-refractivity contribution >= 4 is 39.7 Å². The highest BCUT2D eigenvalue weighted by Gasteiger charge is 2.19. The Morgan fingerprint density at radius 1 is 1.07 bits per heavy atom. The predicted molar refractivity (Wildman–Crippen MR) is 169 cm³/mol. The van der Waals surface area contributed by atoms with Crippen LogP contribution in [0.1, 0.15) is 24.5 Å². The van der Waals surface area contributed by atoms with Crippen LogP contribution in [0.3, 0.4) is 0 Å². The average Bonchev–Trinajstić information content (AvgIpc) is 3.61. The number of carbonyl (C=O) groups excluding carboxylic acids is 1. The third kappa shape index (κ3) is 6.64. The molecule has 5 aromatic rings. The van der Waals surface area contributed by atoms with Crippen molar-refractivity contribution in [1.82, 2.24) is 34.2 Å². The first-order valence-electron chi connectivity index (χ1n) is 15.0. The Morgan fingerprint density at radius 3 is 2.68 bits per heavy atom. The normalized spacial score (nSPS) is 14.1. The Balaban J connectivity index is 1.09. The summed E-state index contributed by atoms with van der Waals surface area (Å²) in [7, 11) is 0. The van der Waals surface area contributed by atoms with E-state index >= 15 is 0 Å². The minimum atomic E-state index is -0.491. The molecule has 0 atom stereocenters. The third-order valence-electron chi connectivity index (χ3n) is 7.96. The fourth-order valence-electron chi connectivity index (χ4n) is 5.68. The number of piperazine rings is 1. The van der Waals surface area contributed by atoms with E-state index in [0.29, 0.717) is 37.6 Å². The quantitative estimate of drug-likeness (QED) is 0.168. The number of nitrogens with one attached hydrogen (secondary N) is 2. The Bertz CT molecular complexity index is 1770. The van der Waals surface area contributed by atoms with Crippen LogP contribution in [0.5, 0.6) is 0 Å². The van der Waals surface area contributed by atoms with Gasteiger partial charge in [0.1, 0.15) is 11.8 Å². The number of rotatable bonds is 11. The van der Waals surface area contributed by atoms with Crippen molar-refractivity contribution < 1.29 is 9.53 Å². The maximum atomic E-state index is 12.7.